The van der Waals surface area contributed by atoms with Gasteiger partial charge in [0.25, 0.3) is 0 Å². The van der Waals surface area contributed by atoms with Gasteiger partial charge in [-0.15, -0.1) is 0 Å². The molecular weight excluding hydrogens is 306 g/mol. The number of nitrogens with zero attached hydrogens (tertiary/aromatic N) is 2. The van der Waals surface area contributed by atoms with E-state index < -0.39 is 11.5 Å². The molecule has 0 radical (unpaired) electrons. The van der Waals surface area contributed by atoms with Crippen LogP contribution in [0.4, 0.5) is 0 Å². The zero-order valence-electron chi connectivity index (χ0n) is 12.8. The number of fused-ring (bicyclic) bond motifs is 3. The maximum absolute atomic E-state index is 12.6. The van der Waals surface area contributed by atoms with Gasteiger partial charge in [0.15, 0.2) is 5.75 Å². The number of hydrogen-bond acceptors (Lipinski definition) is 5. The minimum absolute atomic E-state index is 0.00644. The van der Waals surface area contributed by atoms with Crippen molar-refractivity contribution in [2.24, 2.45) is 12.8 Å². The van der Waals surface area contributed by atoms with Crippen LogP contribution >= 0.6 is 0 Å². The second-order valence-electron chi connectivity index (χ2n) is 5.60. The summed E-state index contributed by atoms with van der Waals surface area (Å²) in [7, 11) is 1.85. The van der Waals surface area contributed by atoms with Crippen LogP contribution in [-0.2, 0) is 7.05 Å². The molecule has 4 rings (SSSR count). The smallest absolute Gasteiger partial charge is 0.344 e. The molecule has 1 unspecified atom stereocenters. The van der Waals surface area contributed by atoms with Gasteiger partial charge in [0.05, 0.1) is 16.9 Å². The number of nitriles is 1. The van der Waals surface area contributed by atoms with Crippen molar-refractivity contribution in [1.82, 2.24) is 4.57 Å². The maximum atomic E-state index is 12.6. The van der Waals surface area contributed by atoms with Crippen LogP contribution in [0, 0.1) is 11.3 Å². The van der Waals surface area contributed by atoms with Crippen molar-refractivity contribution in [2.45, 2.75) is 5.92 Å². The van der Waals surface area contributed by atoms with E-state index in [0.717, 1.165) is 5.69 Å². The minimum Gasteiger partial charge on any atom is -0.439 e. The first-order chi connectivity index (χ1) is 11.6. The number of aryl methyl sites for hydroxylation is 1. The maximum Gasteiger partial charge on any atom is 0.344 e. The molecule has 0 saturated heterocycles. The van der Waals surface area contributed by atoms with Gasteiger partial charge in [-0.3, -0.25) is 0 Å². The van der Waals surface area contributed by atoms with E-state index in [-0.39, 0.29) is 11.5 Å². The third-order valence-electron chi connectivity index (χ3n) is 4.25. The summed E-state index contributed by atoms with van der Waals surface area (Å²) in [6.45, 7) is 0. The average molecular weight is 319 g/mol. The van der Waals surface area contributed by atoms with E-state index in [1.165, 1.54) is 0 Å². The first kappa shape index (κ1) is 14.2. The Balaban J connectivity index is 2.12. The van der Waals surface area contributed by atoms with Crippen molar-refractivity contribution >= 4 is 11.0 Å². The molecule has 2 aromatic heterocycles. The van der Waals surface area contributed by atoms with Crippen LogP contribution in [-0.4, -0.2) is 4.57 Å². The topological polar surface area (TPSA) is 94.2 Å². The van der Waals surface area contributed by atoms with Crippen molar-refractivity contribution in [1.29, 1.82) is 5.26 Å². The number of para-hydroxylation sites is 1. The average Bonchev–Trinajstić information content (AvgIpc) is 2.99. The molecule has 0 bridgehead atoms. The molecule has 0 amide bonds. The van der Waals surface area contributed by atoms with Gasteiger partial charge in [0.2, 0.25) is 5.88 Å². The van der Waals surface area contributed by atoms with Crippen molar-refractivity contribution in [3.8, 4) is 11.8 Å². The summed E-state index contributed by atoms with van der Waals surface area (Å²) in [5.74, 6) is -0.267. The fourth-order valence-corrected chi connectivity index (χ4v) is 3.14. The van der Waals surface area contributed by atoms with E-state index in [4.69, 9.17) is 14.9 Å². The minimum atomic E-state index is -0.625. The van der Waals surface area contributed by atoms with E-state index >= 15 is 0 Å². The second kappa shape index (κ2) is 5.03. The van der Waals surface area contributed by atoms with Crippen LogP contribution in [0.1, 0.15) is 17.2 Å². The SMILES string of the molecule is Cn1cccc1C1C(C#N)=C(N)Oc2c1c(=O)oc1ccccc21. The molecule has 2 N–H and O–H groups in total. The van der Waals surface area contributed by atoms with Crippen LogP contribution in [0.3, 0.4) is 0 Å². The van der Waals surface area contributed by atoms with E-state index in [0.29, 0.717) is 22.3 Å². The molecule has 0 aliphatic carbocycles. The van der Waals surface area contributed by atoms with Crippen LogP contribution in [0.25, 0.3) is 11.0 Å². The molecule has 6 nitrogen and oxygen atoms in total. The molecule has 1 atom stereocenters. The summed E-state index contributed by atoms with van der Waals surface area (Å²) in [5.41, 5.74) is 7.13. The van der Waals surface area contributed by atoms with Crippen LogP contribution < -0.4 is 16.1 Å². The fraction of sp³-hybridized carbons (Fsp3) is 0.111. The molecule has 0 spiro atoms. The number of rotatable bonds is 1. The Labute approximate surface area is 137 Å². The van der Waals surface area contributed by atoms with Crippen LogP contribution in [0.5, 0.6) is 5.75 Å². The van der Waals surface area contributed by atoms with E-state index in [2.05, 4.69) is 6.07 Å². The molecule has 118 valence electrons. The van der Waals surface area contributed by atoms with Crippen molar-refractivity contribution in [3.63, 3.8) is 0 Å². The van der Waals surface area contributed by atoms with Gasteiger partial charge in [-0.1, -0.05) is 12.1 Å². The van der Waals surface area contributed by atoms with Gasteiger partial charge in [0, 0.05) is 18.9 Å². The third kappa shape index (κ3) is 1.85. The third-order valence-corrected chi connectivity index (χ3v) is 4.25. The molecular formula is C18H13N3O3. The Bertz CT molecular complexity index is 1100. The predicted octanol–water partition coefficient (Wildman–Crippen LogP) is 2.35. The lowest BCUT2D eigenvalue weighted by Gasteiger charge is -2.26. The van der Waals surface area contributed by atoms with Crippen molar-refractivity contribution in [3.05, 3.63) is 75.7 Å². The van der Waals surface area contributed by atoms with E-state index in [1.807, 2.05) is 36.0 Å². The molecule has 6 heteroatoms. The Kier molecular flexibility index (Phi) is 2.97. The number of ether oxygens (including phenoxy) is 1. The van der Waals surface area contributed by atoms with E-state index in [9.17, 15) is 10.1 Å². The lowest BCUT2D eigenvalue weighted by atomic mass is 9.87. The van der Waals surface area contributed by atoms with Crippen molar-refractivity contribution < 1.29 is 9.15 Å². The van der Waals surface area contributed by atoms with Gasteiger partial charge < -0.3 is 19.5 Å². The molecule has 1 aromatic carbocycles. The first-order valence-electron chi connectivity index (χ1n) is 7.36. The molecule has 3 heterocycles. The zero-order valence-corrected chi connectivity index (χ0v) is 12.8. The highest BCUT2D eigenvalue weighted by atomic mass is 16.5. The number of hydrogen-bond donors (Lipinski definition) is 1. The number of allylic oxidation sites excluding steroid dienone is 1. The standard InChI is InChI=1S/C18H13N3O3/c1-21-8-4-6-12(21)14-11(9-19)17(20)24-16-10-5-2-3-7-13(10)23-18(22)15(14)16/h2-8,14H,20H2,1H3. The van der Waals surface area contributed by atoms with Crippen molar-refractivity contribution in [2.75, 3.05) is 0 Å². The number of aromatic nitrogens is 1. The number of benzene rings is 1. The molecule has 1 aliphatic rings. The first-order valence-corrected chi connectivity index (χ1v) is 7.36. The van der Waals surface area contributed by atoms with Gasteiger partial charge >= 0.3 is 5.63 Å². The Hall–Kier alpha value is -3.46. The quantitative estimate of drug-likeness (QED) is 0.695. The lowest BCUT2D eigenvalue weighted by Crippen LogP contribution is -2.27. The highest BCUT2D eigenvalue weighted by Crippen LogP contribution is 2.43. The Morgan fingerprint density at radius 2 is 2.04 bits per heavy atom. The number of nitrogens with two attached hydrogens (primary N) is 1. The van der Waals surface area contributed by atoms with Gasteiger partial charge in [-0.25, -0.2) is 4.79 Å². The molecule has 0 fully saturated rings. The summed E-state index contributed by atoms with van der Waals surface area (Å²) in [6.07, 6.45) is 1.85. The monoisotopic (exact) mass is 319 g/mol. The highest BCUT2D eigenvalue weighted by Gasteiger charge is 2.36. The lowest BCUT2D eigenvalue weighted by molar-refractivity contribution is 0.386. The normalized spacial score (nSPS) is 16.6. The van der Waals surface area contributed by atoms with Crippen LogP contribution in [0.15, 0.2) is 63.3 Å². The van der Waals surface area contributed by atoms with Gasteiger partial charge in [-0.05, 0) is 24.3 Å². The van der Waals surface area contributed by atoms with Gasteiger partial charge in [-0.2, -0.15) is 5.26 Å². The van der Waals surface area contributed by atoms with Crippen LogP contribution in [0.2, 0.25) is 0 Å². The summed E-state index contributed by atoms with van der Waals surface area (Å²) < 4.78 is 12.9. The summed E-state index contributed by atoms with van der Waals surface area (Å²) in [4.78, 5) is 12.6. The molecule has 0 saturated carbocycles. The molecule has 3 aromatic rings. The zero-order chi connectivity index (χ0) is 16.8. The largest absolute Gasteiger partial charge is 0.439 e. The predicted molar refractivity (Wildman–Crippen MR) is 87.2 cm³/mol. The fourth-order valence-electron chi connectivity index (χ4n) is 3.14. The summed E-state index contributed by atoms with van der Waals surface area (Å²) in [6, 6.07) is 12.8. The van der Waals surface area contributed by atoms with Gasteiger partial charge in [0.1, 0.15) is 17.2 Å². The molecule has 1 aliphatic heterocycles. The summed E-state index contributed by atoms with van der Waals surface area (Å²) >= 11 is 0. The highest BCUT2D eigenvalue weighted by molar-refractivity contribution is 5.85. The Morgan fingerprint density at radius 3 is 2.75 bits per heavy atom. The van der Waals surface area contributed by atoms with E-state index in [1.54, 1.807) is 18.2 Å². The Morgan fingerprint density at radius 1 is 1.25 bits per heavy atom. The summed E-state index contributed by atoms with van der Waals surface area (Å²) in [5, 5.41) is 10.2. The second-order valence-corrected chi connectivity index (χ2v) is 5.60. The molecule has 24 heavy (non-hydrogen) atoms.